The van der Waals surface area contributed by atoms with Crippen LogP contribution in [0.4, 0.5) is 5.69 Å². The molecule has 4 aromatic rings. The van der Waals surface area contributed by atoms with Gasteiger partial charge in [0.25, 0.3) is 5.91 Å². The highest BCUT2D eigenvalue weighted by molar-refractivity contribution is 8.00. The van der Waals surface area contributed by atoms with Gasteiger partial charge in [-0.2, -0.15) is 0 Å². The van der Waals surface area contributed by atoms with Gasteiger partial charge in [0.2, 0.25) is 0 Å². The summed E-state index contributed by atoms with van der Waals surface area (Å²) in [5.74, 6) is 2.07. The molecule has 7 nitrogen and oxygen atoms in total. The fraction of sp³-hybridized carbons (Fsp3) is 0.192. The third-order valence-electron chi connectivity index (χ3n) is 6.04. The number of benzene rings is 4. The van der Waals surface area contributed by atoms with Crippen LogP contribution in [0.15, 0.2) is 59.5 Å². The Morgan fingerprint density at radius 3 is 2.00 bits per heavy atom. The minimum atomic E-state index is -0.527. The number of anilines is 1. The average molecular weight is 477 g/mol. The highest BCUT2D eigenvalue weighted by Crippen LogP contribution is 2.45. The van der Waals surface area contributed by atoms with Gasteiger partial charge in [-0.3, -0.25) is 9.69 Å². The maximum absolute atomic E-state index is 14.0. The van der Waals surface area contributed by atoms with Crippen molar-refractivity contribution in [2.45, 2.75) is 10.4 Å². The van der Waals surface area contributed by atoms with E-state index >= 15 is 0 Å². The molecule has 8 heteroatoms. The van der Waals surface area contributed by atoms with Crippen molar-refractivity contribution in [2.75, 3.05) is 33.3 Å². The van der Waals surface area contributed by atoms with E-state index < -0.39 is 5.50 Å². The number of amides is 1. The van der Waals surface area contributed by atoms with E-state index in [9.17, 15) is 4.79 Å². The number of fused-ring (bicyclic) bond motifs is 4. The lowest BCUT2D eigenvalue weighted by Crippen LogP contribution is -2.41. The fourth-order valence-corrected chi connectivity index (χ4v) is 5.43. The quantitative estimate of drug-likeness (QED) is 0.405. The van der Waals surface area contributed by atoms with Crippen molar-refractivity contribution >= 4 is 44.9 Å². The first-order valence-electron chi connectivity index (χ1n) is 10.6. The van der Waals surface area contributed by atoms with Gasteiger partial charge in [0.05, 0.1) is 34.1 Å². The Bertz CT molecular complexity index is 1440. The minimum Gasteiger partial charge on any atom is -0.493 e. The number of hydrogen-bond donors (Lipinski definition) is 1. The van der Waals surface area contributed by atoms with Crippen molar-refractivity contribution < 1.29 is 23.7 Å². The average Bonchev–Trinajstić information content (AvgIpc) is 3.21. The van der Waals surface area contributed by atoms with Crippen LogP contribution in [0.5, 0.6) is 23.0 Å². The maximum atomic E-state index is 14.0. The molecule has 2 N–H and O–H groups in total. The molecular weight excluding hydrogens is 452 g/mol. The van der Waals surface area contributed by atoms with Gasteiger partial charge >= 0.3 is 0 Å². The van der Waals surface area contributed by atoms with Crippen molar-refractivity contribution in [3.05, 3.63) is 60.2 Å². The molecule has 0 saturated carbocycles. The van der Waals surface area contributed by atoms with E-state index in [0.29, 0.717) is 28.6 Å². The van der Waals surface area contributed by atoms with Crippen LogP contribution in [0.3, 0.4) is 0 Å². The summed E-state index contributed by atoms with van der Waals surface area (Å²) in [6, 6.07) is 17.1. The van der Waals surface area contributed by atoms with E-state index in [1.54, 1.807) is 33.3 Å². The van der Waals surface area contributed by atoms with Crippen molar-refractivity contribution in [3.63, 3.8) is 0 Å². The smallest absolute Gasteiger partial charge is 0.260 e. The van der Waals surface area contributed by atoms with Gasteiger partial charge < -0.3 is 24.7 Å². The standard InChI is InChI=1S/C26H24N2O5S/c1-30-20-10-14-9-18(25(29)28-19-7-5-6-8-24(19)34-26(28)27)17-13-23(33-4)22(32-3)12-16(17)15(14)11-21(20)31-2/h5-13,26H,27H2,1-4H3. The van der Waals surface area contributed by atoms with Gasteiger partial charge in [-0.25, -0.2) is 0 Å². The number of rotatable bonds is 5. The molecule has 1 aliphatic heterocycles. The molecule has 4 aromatic carbocycles. The second kappa shape index (κ2) is 8.62. The van der Waals surface area contributed by atoms with Crippen LogP contribution in [0.1, 0.15) is 10.4 Å². The van der Waals surface area contributed by atoms with Gasteiger partial charge in [0.15, 0.2) is 23.0 Å². The van der Waals surface area contributed by atoms with Crippen LogP contribution in [0.2, 0.25) is 0 Å². The Morgan fingerprint density at radius 2 is 1.35 bits per heavy atom. The van der Waals surface area contributed by atoms with E-state index in [1.807, 2.05) is 54.6 Å². The van der Waals surface area contributed by atoms with Gasteiger partial charge in [-0.1, -0.05) is 23.9 Å². The molecule has 0 radical (unpaired) electrons. The van der Waals surface area contributed by atoms with Crippen LogP contribution in [-0.4, -0.2) is 39.8 Å². The SMILES string of the molecule is COc1cc2cc(C(=O)N3c4ccccc4SC3N)c3cc(OC)c(OC)cc3c2cc1OC. The molecule has 1 aliphatic rings. The Morgan fingerprint density at radius 1 is 0.794 bits per heavy atom. The van der Waals surface area contributed by atoms with Crippen molar-refractivity contribution in [3.8, 4) is 23.0 Å². The maximum Gasteiger partial charge on any atom is 0.260 e. The number of nitrogens with zero attached hydrogens (tertiary/aromatic N) is 1. The zero-order valence-corrected chi connectivity index (χ0v) is 20.1. The third kappa shape index (κ3) is 3.38. The van der Waals surface area contributed by atoms with E-state index in [1.165, 1.54) is 11.8 Å². The number of thioether (sulfide) groups is 1. The minimum absolute atomic E-state index is 0.196. The van der Waals surface area contributed by atoms with Crippen LogP contribution >= 0.6 is 11.8 Å². The molecular formula is C26H24N2O5S. The zero-order valence-electron chi connectivity index (χ0n) is 19.2. The molecule has 0 saturated heterocycles. The van der Waals surface area contributed by atoms with Crippen LogP contribution < -0.4 is 29.6 Å². The molecule has 0 aromatic heterocycles. The number of methoxy groups -OCH3 is 4. The molecule has 34 heavy (non-hydrogen) atoms. The van der Waals surface area contributed by atoms with E-state index in [-0.39, 0.29) is 5.91 Å². The van der Waals surface area contributed by atoms with Crippen LogP contribution in [-0.2, 0) is 0 Å². The monoisotopic (exact) mass is 476 g/mol. The molecule has 0 bridgehead atoms. The molecule has 1 heterocycles. The topological polar surface area (TPSA) is 83.3 Å². The summed E-state index contributed by atoms with van der Waals surface area (Å²) in [5, 5.41) is 3.28. The second-order valence-corrected chi connectivity index (χ2v) is 8.92. The summed E-state index contributed by atoms with van der Waals surface area (Å²) in [5.41, 5.74) is 7.17. The van der Waals surface area contributed by atoms with Crippen molar-refractivity contribution in [1.29, 1.82) is 0 Å². The second-order valence-electron chi connectivity index (χ2n) is 7.76. The number of ether oxygens (including phenoxy) is 4. The normalized spacial score (nSPS) is 14.9. The molecule has 5 rings (SSSR count). The van der Waals surface area contributed by atoms with E-state index in [0.717, 1.165) is 32.1 Å². The summed E-state index contributed by atoms with van der Waals surface area (Å²) in [6.07, 6.45) is 0. The molecule has 1 atom stereocenters. The van der Waals surface area contributed by atoms with Crippen LogP contribution in [0, 0.1) is 0 Å². The summed E-state index contributed by atoms with van der Waals surface area (Å²) in [6.45, 7) is 0. The molecule has 1 amide bonds. The van der Waals surface area contributed by atoms with Crippen LogP contribution in [0.25, 0.3) is 21.5 Å². The Labute approximate surface area is 201 Å². The third-order valence-corrected chi connectivity index (χ3v) is 7.09. The summed E-state index contributed by atoms with van der Waals surface area (Å²) in [7, 11) is 6.34. The summed E-state index contributed by atoms with van der Waals surface area (Å²) >= 11 is 1.46. The lowest BCUT2D eigenvalue weighted by atomic mass is 9.95. The van der Waals surface area contributed by atoms with E-state index in [4.69, 9.17) is 24.7 Å². The first-order valence-corrected chi connectivity index (χ1v) is 11.5. The van der Waals surface area contributed by atoms with E-state index in [2.05, 4.69) is 0 Å². The Balaban J connectivity index is 1.82. The van der Waals surface area contributed by atoms with Gasteiger partial charge in [-0.05, 0) is 64.0 Å². The fourth-order valence-electron chi connectivity index (χ4n) is 4.41. The molecule has 0 aliphatic carbocycles. The highest BCUT2D eigenvalue weighted by Gasteiger charge is 2.34. The molecule has 0 fully saturated rings. The van der Waals surface area contributed by atoms with Gasteiger partial charge in [0, 0.05) is 10.5 Å². The predicted octanol–water partition coefficient (Wildman–Crippen LogP) is 5.02. The zero-order chi connectivity index (χ0) is 24.0. The Hall–Kier alpha value is -3.62. The number of nitrogens with two attached hydrogens (primary N) is 1. The number of para-hydroxylation sites is 1. The lowest BCUT2D eigenvalue weighted by Gasteiger charge is -2.23. The highest BCUT2D eigenvalue weighted by atomic mass is 32.2. The number of carbonyl (C=O) groups excluding carboxylic acids is 1. The predicted molar refractivity (Wildman–Crippen MR) is 135 cm³/mol. The lowest BCUT2D eigenvalue weighted by molar-refractivity contribution is 0.0987. The van der Waals surface area contributed by atoms with Crippen molar-refractivity contribution in [2.24, 2.45) is 5.73 Å². The molecule has 1 unspecified atom stereocenters. The molecule has 0 spiro atoms. The number of hydrogen-bond acceptors (Lipinski definition) is 7. The summed E-state index contributed by atoms with van der Waals surface area (Å²) < 4.78 is 22.2. The van der Waals surface area contributed by atoms with Gasteiger partial charge in [0.1, 0.15) is 5.50 Å². The largest absolute Gasteiger partial charge is 0.493 e. The summed E-state index contributed by atoms with van der Waals surface area (Å²) in [4.78, 5) is 16.6. The Kier molecular flexibility index (Phi) is 5.63. The molecule has 174 valence electrons. The first-order chi connectivity index (χ1) is 16.5. The van der Waals surface area contributed by atoms with Gasteiger partial charge in [-0.15, -0.1) is 0 Å². The number of carbonyl (C=O) groups is 1. The first kappa shape index (κ1) is 22.2. The van der Waals surface area contributed by atoms with Crippen molar-refractivity contribution in [1.82, 2.24) is 0 Å².